The fraction of sp³-hybridized carbons (Fsp3) is 0.286. The second-order valence-electron chi connectivity index (χ2n) is 2.03. The first kappa shape index (κ1) is 6.08. The highest BCUT2D eigenvalue weighted by atomic mass is 14.9. The van der Waals surface area contributed by atoms with Gasteiger partial charge >= 0.3 is 0 Å². The van der Waals surface area contributed by atoms with Crippen LogP contribution in [-0.4, -0.2) is 12.3 Å². The van der Waals surface area contributed by atoms with Gasteiger partial charge in [-0.3, -0.25) is 0 Å². The average molecular weight is 122 g/mol. The second kappa shape index (κ2) is 2.49. The van der Waals surface area contributed by atoms with E-state index in [1.165, 1.54) is 6.21 Å². The zero-order chi connectivity index (χ0) is 6.69. The monoisotopic (exact) mass is 122 g/mol. The van der Waals surface area contributed by atoms with Crippen LogP contribution in [0, 0.1) is 11.3 Å². The molecule has 0 spiro atoms. The van der Waals surface area contributed by atoms with Crippen LogP contribution in [0.15, 0.2) is 24.9 Å². The normalized spacial score (nSPS) is 31.6. The van der Waals surface area contributed by atoms with E-state index in [-0.39, 0.29) is 12.0 Å². The molecule has 2 N–H and O–H groups in total. The summed E-state index contributed by atoms with van der Waals surface area (Å²) in [5, 5.41) is 10.0. The molecule has 0 aromatic heterocycles. The Morgan fingerprint density at radius 1 is 1.67 bits per heavy atom. The van der Waals surface area contributed by atoms with E-state index in [1.54, 1.807) is 0 Å². The number of rotatable bonds is 2. The Labute approximate surface area is 54.8 Å². The smallest absolute Gasteiger partial charge is 0.0549 e. The van der Waals surface area contributed by atoms with E-state index in [0.717, 1.165) is 0 Å². The molecule has 0 amide bonds. The molecule has 0 fully saturated rings. The number of nitrogens with one attached hydrogen (secondary N) is 2. The predicted molar refractivity (Wildman–Crippen MR) is 38.5 cm³/mol. The van der Waals surface area contributed by atoms with Gasteiger partial charge in [0.05, 0.1) is 6.04 Å². The van der Waals surface area contributed by atoms with Crippen LogP contribution >= 0.6 is 0 Å². The molecule has 48 valence electrons. The van der Waals surface area contributed by atoms with Gasteiger partial charge in [-0.25, -0.2) is 0 Å². The van der Waals surface area contributed by atoms with Crippen molar-refractivity contribution in [3.63, 3.8) is 0 Å². The van der Waals surface area contributed by atoms with Gasteiger partial charge in [0.15, 0.2) is 0 Å². The first-order valence-electron chi connectivity index (χ1n) is 2.94. The Kier molecular flexibility index (Phi) is 1.68. The Hall–Kier alpha value is -1.05. The van der Waals surface area contributed by atoms with Crippen molar-refractivity contribution < 1.29 is 0 Å². The maximum atomic E-state index is 6.97. The maximum Gasteiger partial charge on any atom is 0.0549 e. The summed E-state index contributed by atoms with van der Waals surface area (Å²) in [5.41, 5.74) is 0. The first-order chi connectivity index (χ1) is 4.38. The van der Waals surface area contributed by atoms with Gasteiger partial charge in [-0.15, -0.1) is 6.58 Å². The van der Waals surface area contributed by atoms with Gasteiger partial charge in [0.2, 0.25) is 0 Å². The molecule has 0 aromatic carbocycles. The Morgan fingerprint density at radius 3 is 2.89 bits per heavy atom. The largest absolute Gasteiger partial charge is 0.384 e. The Balaban J connectivity index is 2.58. The quantitative estimate of drug-likeness (QED) is 0.414. The van der Waals surface area contributed by atoms with Gasteiger partial charge in [-0.2, -0.15) is 0 Å². The van der Waals surface area contributed by atoms with Gasteiger partial charge in [0.25, 0.3) is 0 Å². The van der Waals surface area contributed by atoms with E-state index >= 15 is 0 Å². The van der Waals surface area contributed by atoms with Gasteiger partial charge in [0.1, 0.15) is 0 Å². The SMILES string of the molecule is C=CC1NC=CC1C=N. The van der Waals surface area contributed by atoms with Crippen molar-refractivity contribution in [1.29, 1.82) is 5.41 Å². The number of hydrogen-bond acceptors (Lipinski definition) is 2. The van der Waals surface area contributed by atoms with Crippen molar-refractivity contribution in [2.75, 3.05) is 0 Å². The van der Waals surface area contributed by atoms with Gasteiger partial charge in [-0.1, -0.05) is 12.2 Å². The highest BCUT2D eigenvalue weighted by Gasteiger charge is 2.15. The molecule has 2 nitrogen and oxygen atoms in total. The third-order valence-electron chi connectivity index (χ3n) is 1.47. The molecule has 2 atom stereocenters. The van der Waals surface area contributed by atoms with Crippen LogP contribution in [-0.2, 0) is 0 Å². The standard InChI is InChI=1S/C7H10N2/c1-2-7-6(5-8)3-4-9-7/h2-9H,1H2. The molecule has 0 radical (unpaired) electrons. The lowest BCUT2D eigenvalue weighted by molar-refractivity contribution is 0.690. The van der Waals surface area contributed by atoms with Crippen LogP contribution in [0.3, 0.4) is 0 Å². The molecule has 0 aliphatic carbocycles. The molecule has 9 heavy (non-hydrogen) atoms. The summed E-state index contributed by atoms with van der Waals surface area (Å²) in [6.07, 6.45) is 7.06. The lowest BCUT2D eigenvalue weighted by Gasteiger charge is -2.09. The number of hydrogen-bond donors (Lipinski definition) is 2. The van der Waals surface area contributed by atoms with Crippen LogP contribution < -0.4 is 5.32 Å². The minimum Gasteiger partial charge on any atom is -0.384 e. The molecular formula is C7H10N2. The molecular weight excluding hydrogens is 112 g/mol. The molecule has 2 unspecified atom stereocenters. The van der Waals surface area contributed by atoms with Gasteiger partial charge < -0.3 is 10.7 Å². The van der Waals surface area contributed by atoms with E-state index < -0.39 is 0 Å². The maximum absolute atomic E-state index is 6.97. The summed E-state index contributed by atoms with van der Waals surface area (Å²) in [6.45, 7) is 3.64. The summed E-state index contributed by atoms with van der Waals surface area (Å²) in [6, 6.07) is 0.238. The van der Waals surface area contributed by atoms with E-state index in [1.807, 2.05) is 18.4 Å². The lowest BCUT2D eigenvalue weighted by Crippen LogP contribution is -2.24. The minimum absolute atomic E-state index is 0.211. The zero-order valence-electron chi connectivity index (χ0n) is 5.17. The Bertz CT molecular complexity index is 149. The molecule has 1 aliphatic rings. The van der Waals surface area contributed by atoms with Crippen LogP contribution in [0.2, 0.25) is 0 Å². The molecule has 1 heterocycles. The van der Waals surface area contributed by atoms with Crippen LogP contribution in [0.25, 0.3) is 0 Å². The summed E-state index contributed by atoms with van der Waals surface area (Å²) < 4.78 is 0. The lowest BCUT2D eigenvalue weighted by atomic mass is 10.1. The van der Waals surface area contributed by atoms with E-state index in [4.69, 9.17) is 5.41 Å². The molecule has 0 bridgehead atoms. The van der Waals surface area contributed by atoms with Gasteiger partial charge in [-0.05, 0) is 6.20 Å². The van der Waals surface area contributed by atoms with Crippen molar-refractivity contribution in [3.05, 3.63) is 24.9 Å². The fourth-order valence-corrected chi connectivity index (χ4v) is 0.893. The summed E-state index contributed by atoms with van der Waals surface area (Å²) in [7, 11) is 0. The van der Waals surface area contributed by atoms with Crippen LogP contribution in [0.5, 0.6) is 0 Å². The van der Waals surface area contributed by atoms with Crippen LogP contribution in [0.4, 0.5) is 0 Å². The summed E-state index contributed by atoms with van der Waals surface area (Å²) >= 11 is 0. The van der Waals surface area contributed by atoms with E-state index in [9.17, 15) is 0 Å². The first-order valence-corrected chi connectivity index (χ1v) is 2.94. The second-order valence-corrected chi connectivity index (χ2v) is 2.03. The highest BCUT2D eigenvalue weighted by Crippen LogP contribution is 2.09. The molecule has 1 rings (SSSR count). The molecule has 0 saturated heterocycles. The van der Waals surface area contributed by atoms with Gasteiger partial charge in [0, 0.05) is 12.1 Å². The molecule has 0 saturated carbocycles. The van der Waals surface area contributed by atoms with Crippen molar-refractivity contribution >= 4 is 6.21 Å². The van der Waals surface area contributed by atoms with Crippen molar-refractivity contribution in [2.24, 2.45) is 5.92 Å². The predicted octanol–water partition coefficient (Wildman–Crippen LogP) is 0.924. The molecule has 0 aromatic rings. The van der Waals surface area contributed by atoms with Crippen molar-refractivity contribution in [1.82, 2.24) is 5.32 Å². The third-order valence-corrected chi connectivity index (χ3v) is 1.47. The van der Waals surface area contributed by atoms with Crippen molar-refractivity contribution in [3.8, 4) is 0 Å². The molecule has 1 aliphatic heterocycles. The topological polar surface area (TPSA) is 35.9 Å². The third kappa shape index (κ3) is 1.02. The summed E-state index contributed by atoms with van der Waals surface area (Å²) in [4.78, 5) is 0. The minimum atomic E-state index is 0.211. The summed E-state index contributed by atoms with van der Waals surface area (Å²) in [5.74, 6) is 0.211. The molecule has 2 heteroatoms. The fourth-order valence-electron chi connectivity index (χ4n) is 0.893. The zero-order valence-corrected chi connectivity index (χ0v) is 5.17. The average Bonchev–Trinajstić information content (AvgIpc) is 2.33. The Morgan fingerprint density at radius 2 is 2.44 bits per heavy atom. The van der Waals surface area contributed by atoms with E-state index in [0.29, 0.717) is 0 Å². The van der Waals surface area contributed by atoms with E-state index in [2.05, 4.69) is 11.9 Å². The van der Waals surface area contributed by atoms with Crippen molar-refractivity contribution in [2.45, 2.75) is 6.04 Å². The van der Waals surface area contributed by atoms with Crippen LogP contribution in [0.1, 0.15) is 0 Å². The highest BCUT2D eigenvalue weighted by molar-refractivity contribution is 5.62.